The van der Waals surface area contributed by atoms with Crippen LogP contribution in [0.3, 0.4) is 0 Å². The number of hydrogen-bond donors (Lipinski definition) is 1. The highest BCUT2D eigenvalue weighted by Crippen LogP contribution is 2.33. The number of pyridine rings is 1. The van der Waals surface area contributed by atoms with Crippen LogP contribution in [-0.2, 0) is 6.42 Å². The third-order valence-corrected chi connectivity index (χ3v) is 4.10. The normalized spacial score (nSPS) is 18.9. The topological polar surface area (TPSA) is 42.1 Å². The third-order valence-electron chi connectivity index (χ3n) is 4.10. The molecule has 1 atom stereocenters. The van der Waals surface area contributed by atoms with E-state index in [1.807, 2.05) is 6.20 Å². The van der Waals surface area contributed by atoms with Crippen LogP contribution in [0.15, 0.2) is 18.3 Å². The number of rotatable bonds is 6. The zero-order valence-corrected chi connectivity index (χ0v) is 12.3. The Kier molecular flexibility index (Phi) is 5.34. The Bertz CT molecular complexity index is 389. The Morgan fingerprint density at radius 2 is 2.26 bits per heavy atom. The summed E-state index contributed by atoms with van der Waals surface area (Å²) in [6.07, 6.45) is 7.95. The Morgan fingerprint density at radius 1 is 1.42 bits per heavy atom. The van der Waals surface area contributed by atoms with Gasteiger partial charge in [0.15, 0.2) is 0 Å². The number of fused-ring (bicyclic) bond motifs is 1. The van der Waals surface area contributed by atoms with E-state index < -0.39 is 0 Å². The first kappa shape index (κ1) is 14.5. The summed E-state index contributed by atoms with van der Waals surface area (Å²) in [4.78, 5) is 7.28. The zero-order valence-electron chi connectivity index (χ0n) is 12.3. The maximum atomic E-state index is 5.61. The molecular formula is C16H27N3. The average molecular weight is 261 g/mol. The molecule has 2 N–H and O–H groups in total. The van der Waals surface area contributed by atoms with Crippen molar-refractivity contribution in [3.63, 3.8) is 0 Å². The molecule has 0 bridgehead atoms. The van der Waals surface area contributed by atoms with Crippen molar-refractivity contribution in [3.05, 3.63) is 29.6 Å². The van der Waals surface area contributed by atoms with Crippen LogP contribution in [0.2, 0.25) is 0 Å². The molecule has 1 unspecified atom stereocenters. The zero-order chi connectivity index (χ0) is 13.7. The van der Waals surface area contributed by atoms with Gasteiger partial charge in [-0.05, 0) is 70.7 Å². The number of aromatic nitrogens is 1. The predicted molar refractivity (Wildman–Crippen MR) is 80.0 cm³/mol. The molecule has 0 saturated carbocycles. The Morgan fingerprint density at radius 3 is 3.00 bits per heavy atom. The highest BCUT2D eigenvalue weighted by Gasteiger charge is 2.28. The minimum absolute atomic E-state index is 0.503. The van der Waals surface area contributed by atoms with E-state index in [9.17, 15) is 0 Å². The highest BCUT2D eigenvalue weighted by molar-refractivity contribution is 5.25. The molecule has 1 aliphatic carbocycles. The highest BCUT2D eigenvalue weighted by atomic mass is 15.2. The van der Waals surface area contributed by atoms with Gasteiger partial charge in [0.1, 0.15) is 0 Å². The summed E-state index contributed by atoms with van der Waals surface area (Å²) in [7, 11) is 0. The van der Waals surface area contributed by atoms with E-state index in [1.54, 1.807) is 0 Å². The molecule has 0 amide bonds. The van der Waals surface area contributed by atoms with Crippen LogP contribution in [0.4, 0.5) is 0 Å². The van der Waals surface area contributed by atoms with Gasteiger partial charge in [0, 0.05) is 12.2 Å². The largest absolute Gasteiger partial charge is 0.330 e. The number of aryl methyl sites for hydroxylation is 1. The summed E-state index contributed by atoms with van der Waals surface area (Å²) in [6.45, 7) is 6.51. The summed E-state index contributed by atoms with van der Waals surface area (Å²) in [5.41, 5.74) is 8.38. The van der Waals surface area contributed by atoms with Crippen molar-refractivity contribution >= 4 is 0 Å². The van der Waals surface area contributed by atoms with E-state index in [4.69, 9.17) is 5.73 Å². The fraction of sp³-hybridized carbons (Fsp3) is 0.688. The molecule has 0 aromatic carbocycles. The molecule has 3 heteroatoms. The quantitative estimate of drug-likeness (QED) is 0.801. The molecule has 3 nitrogen and oxygen atoms in total. The molecule has 0 saturated heterocycles. The van der Waals surface area contributed by atoms with Gasteiger partial charge in [-0.15, -0.1) is 0 Å². The molecule has 0 spiro atoms. The monoisotopic (exact) mass is 261 g/mol. The lowest BCUT2D eigenvalue weighted by molar-refractivity contribution is 0.132. The van der Waals surface area contributed by atoms with E-state index >= 15 is 0 Å². The SMILES string of the molecule is CC(C)N(CCCCN)C1CCCc2cccnc21. The van der Waals surface area contributed by atoms with Gasteiger partial charge in [0.05, 0.1) is 11.7 Å². The maximum absolute atomic E-state index is 5.61. The van der Waals surface area contributed by atoms with Crippen molar-refractivity contribution in [2.75, 3.05) is 13.1 Å². The van der Waals surface area contributed by atoms with Crippen LogP contribution in [0, 0.1) is 0 Å². The number of hydrogen-bond acceptors (Lipinski definition) is 3. The minimum Gasteiger partial charge on any atom is -0.330 e. The van der Waals surface area contributed by atoms with Crippen molar-refractivity contribution in [2.24, 2.45) is 5.73 Å². The fourth-order valence-corrected chi connectivity index (χ4v) is 3.12. The summed E-state index contributed by atoms with van der Waals surface area (Å²) < 4.78 is 0. The number of nitrogens with two attached hydrogens (primary N) is 1. The van der Waals surface area contributed by atoms with Crippen LogP contribution in [0.1, 0.15) is 56.8 Å². The Balaban J connectivity index is 2.14. The summed E-state index contributed by atoms with van der Waals surface area (Å²) in [5.74, 6) is 0. The van der Waals surface area contributed by atoms with Gasteiger partial charge in [-0.25, -0.2) is 0 Å². The molecule has 19 heavy (non-hydrogen) atoms. The maximum Gasteiger partial charge on any atom is 0.0607 e. The van der Waals surface area contributed by atoms with Crippen molar-refractivity contribution in [1.82, 2.24) is 9.88 Å². The van der Waals surface area contributed by atoms with Gasteiger partial charge in [-0.3, -0.25) is 9.88 Å². The lowest BCUT2D eigenvalue weighted by atomic mass is 9.90. The van der Waals surface area contributed by atoms with Crippen molar-refractivity contribution in [2.45, 2.75) is 58.0 Å². The molecule has 106 valence electrons. The first-order valence-corrected chi connectivity index (χ1v) is 7.63. The van der Waals surface area contributed by atoms with E-state index in [0.717, 1.165) is 19.5 Å². The Labute approximate surface area is 117 Å². The first-order chi connectivity index (χ1) is 9.24. The van der Waals surface area contributed by atoms with Gasteiger partial charge in [-0.2, -0.15) is 0 Å². The molecule has 0 aliphatic heterocycles. The average Bonchev–Trinajstić information content (AvgIpc) is 2.43. The van der Waals surface area contributed by atoms with E-state index in [0.29, 0.717) is 12.1 Å². The lowest BCUT2D eigenvalue weighted by Gasteiger charge is -2.37. The molecule has 1 heterocycles. The molecule has 2 rings (SSSR count). The minimum atomic E-state index is 0.503. The summed E-state index contributed by atoms with van der Waals surface area (Å²) >= 11 is 0. The fourth-order valence-electron chi connectivity index (χ4n) is 3.12. The summed E-state index contributed by atoms with van der Waals surface area (Å²) in [5, 5.41) is 0. The van der Waals surface area contributed by atoms with Crippen molar-refractivity contribution in [3.8, 4) is 0 Å². The predicted octanol–water partition coefficient (Wildman–Crippen LogP) is 2.91. The third kappa shape index (κ3) is 3.54. The molecule has 1 aromatic rings. The molecular weight excluding hydrogens is 234 g/mol. The van der Waals surface area contributed by atoms with Gasteiger partial charge in [-0.1, -0.05) is 6.07 Å². The molecule has 1 aromatic heterocycles. The number of unbranched alkanes of at least 4 members (excludes halogenated alkanes) is 1. The van der Waals surface area contributed by atoms with Gasteiger partial charge in [0.2, 0.25) is 0 Å². The van der Waals surface area contributed by atoms with Gasteiger partial charge in [0.25, 0.3) is 0 Å². The lowest BCUT2D eigenvalue weighted by Crippen LogP contribution is -2.38. The van der Waals surface area contributed by atoms with Crippen molar-refractivity contribution < 1.29 is 0 Å². The van der Waals surface area contributed by atoms with Crippen LogP contribution < -0.4 is 5.73 Å². The second-order valence-corrected chi connectivity index (χ2v) is 5.78. The van der Waals surface area contributed by atoms with Gasteiger partial charge < -0.3 is 5.73 Å². The van der Waals surface area contributed by atoms with E-state index in [-0.39, 0.29) is 0 Å². The standard InChI is InChI=1S/C16H27N3/c1-13(2)19(12-4-3-10-17)15-9-5-7-14-8-6-11-18-16(14)15/h6,8,11,13,15H,3-5,7,9-10,12,17H2,1-2H3. The van der Waals surface area contributed by atoms with E-state index in [2.05, 4.69) is 35.9 Å². The summed E-state index contributed by atoms with van der Waals surface area (Å²) in [6, 6.07) is 5.38. The smallest absolute Gasteiger partial charge is 0.0607 e. The van der Waals surface area contributed by atoms with Crippen LogP contribution >= 0.6 is 0 Å². The molecule has 0 radical (unpaired) electrons. The Hall–Kier alpha value is -0.930. The van der Waals surface area contributed by atoms with Crippen LogP contribution in [0.25, 0.3) is 0 Å². The number of nitrogens with zero attached hydrogens (tertiary/aromatic N) is 2. The first-order valence-electron chi connectivity index (χ1n) is 7.63. The second-order valence-electron chi connectivity index (χ2n) is 5.78. The molecule has 1 aliphatic rings. The second kappa shape index (κ2) is 7.01. The van der Waals surface area contributed by atoms with Crippen molar-refractivity contribution in [1.29, 1.82) is 0 Å². The molecule has 0 fully saturated rings. The van der Waals surface area contributed by atoms with E-state index in [1.165, 1.54) is 36.9 Å². The van der Waals surface area contributed by atoms with Crippen LogP contribution in [-0.4, -0.2) is 29.0 Å². The van der Waals surface area contributed by atoms with Crippen LogP contribution in [0.5, 0.6) is 0 Å². The van der Waals surface area contributed by atoms with Gasteiger partial charge >= 0.3 is 0 Å².